The van der Waals surface area contributed by atoms with E-state index in [0.29, 0.717) is 28.0 Å². The van der Waals surface area contributed by atoms with Gasteiger partial charge >= 0.3 is 0 Å². The van der Waals surface area contributed by atoms with Crippen LogP contribution < -0.4 is 5.73 Å². The van der Waals surface area contributed by atoms with E-state index in [-0.39, 0.29) is 18.2 Å². The van der Waals surface area contributed by atoms with E-state index in [2.05, 4.69) is 15.1 Å². The Balaban J connectivity index is 1.82. The van der Waals surface area contributed by atoms with Gasteiger partial charge in [0.15, 0.2) is 5.65 Å². The molecule has 4 aromatic rings. The number of pyridine rings is 1. The maximum absolute atomic E-state index is 13.6. The summed E-state index contributed by atoms with van der Waals surface area (Å²) in [4.78, 5) is 9.03. The van der Waals surface area contributed by atoms with Gasteiger partial charge in [-0.2, -0.15) is 9.61 Å². The first-order valence-electron chi connectivity index (χ1n) is 9.57. The SMILES string of the molecule is CC(C)c1ccc(-c2c(C(N)Cc3cc(F)cc(F)c3)nc3ccnn3c2O)cn1. The van der Waals surface area contributed by atoms with Gasteiger partial charge < -0.3 is 10.8 Å². The number of halogens is 2. The summed E-state index contributed by atoms with van der Waals surface area (Å²) in [7, 11) is 0. The molecule has 3 heterocycles. The standard InChI is InChI=1S/C22H21F2N5O/c1-12(2)18-4-3-14(11-26-18)20-21(28-19-5-6-27-29(19)22(20)30)17(25)9-13-7-15(23)10-16(24)8-13/h3-8,10-12,17,30H,9,25H2,1-2H3. The van der Waals surface area contributed by atoms with Crippen molar-refractivity contribution in [1.82, 2.24) is 19.6 Å². The summed E-state index contributed by atoms with van der Waals surface area (Å²) < 4.78 is 28.5. The Kier molecular flexibility index (Phi) is 5.17. The van der Waals surface area contributed by atoms with Crippen LogP contribution in [-0.2, 0) is 6.42 Å². The lowest BCUT2D eigenvalue weighted by Gasteiger charge is -2.18. The van der Waals surface area contributed by atoms with E-state index in [4.69, 9.17) is 5.73 Å². The Morgan fingerprint density at radius 2 is 1.83 bits per heavy atom. The zero-order valence-electron chi connectivity index (χ0n) is 16.5. The van der Waals surface area contributed by atoms with E-state index in [9.17, 15) is 13.9 Å². The summed E-state index contributed by atoms with van der Waals surface area (Å²) in [6, 6.07) is 7.91. The van der Waals surface area contributed by atoms with Crippen LogP contribution >= 0.6 is 0 Å². The van der Waals surface area contributed by atoms with E-state index < -0.39 is 17.7 Å². The molecule has 0 radical (unpaired) electrons. The van der Waals surface area contributed by atoms with E-state index >= 15 is 0 Å². The average Bonchev–Trinajstić information content (AvgIpc) is 3.16. The molecule has 3 aromatic heterocycles. The highest BCUT2D eigenvalue weighted by Gasteiger charge is 2.23. The molecule has 0 saturated heterocycles. The molecule has 0 fully saturated rings. The van der Waals surface area contributed by atoms with Gasteiger partial charge in [-0.1, -0.05) is 19.9 Å². The second-order valence-electron chi connectivity index (χ2n) is 7.51. The van der Waals surface area contributed by atoms with Crippen molar-refractivity contribution in [3.63, 3.8) is 0 Å². The van der Waals surface area contributed by atoms with Crippen molar-refractivity contribution in [1.29, 1.82) is 0 Å². The predicted molar refractivity (Wildman–Crippen MR) is 109 cm³/mol. The fraction of sp³-hybridized carbons (Fsp3) is 0.227. The van der Waals surface area contributed by atoms with Crippen molar-refractivity contribution in [2.45, 2.75) is 32.2 Å². The normalized spacial score (nSPS) is 12.6. The number of nitrogens with zero attached hydrogens (tertiary/aromatic N) is 4. The highest BCUT2D eigenvalue weighted by molar-refractivity contribution is 5.72. The number of hydrogen-bond acceptors (Lipinski definition) is 5. The van der Waals surface area contributed by atoms with Gasteiger partial charge in [0.1, 0.15) is 11.6 Å². The minimum Gasteiger partial charge on any atom is -0.493 e. The summed E-state index contributed by atoms with van der Waals surface area (Å²) in [5.41, 5.74) is 9.53. The third kappa shape index (κ3) is 3.73. The van der Waals surface area contributed by atoms with Crippen molar-refractivity contribution in [3.05, 3.63) is 77.4 Å². The number of benzene rings is 1. The van der Waals surface area contributed by atoms with Crippen LogP contribution in [-0.4, -0.2) is 24.7 Å². The maximum atomic E-state index is 13.6. The topological polar surface area (TPSA) is 89.3 Å². The van der Waals surface area contributed by atoms with Gasteiger partial charge in [0.2, 0.25) is 5.88 Å². The number of aromatic nitrogens is 4. The molecule has 0 spiro atoms. The quantitative estimate of drug-likeness (QED) is 0.517. The summed E-state index contributed by atoms with van der Waals surface area (Å²) in [6.07, 6.45) is 3.30. The van der Waals surface area contributed by atoms with Crippen LogP contribution in [0.2, 0.25) is 0 Å². The van der Waals surface area contributed by atoms with Crippen molar-refractivity contribution in [2.24, 2.45) is 5.73 Å². The summed E-state index contributed by atoms with van der Waals surface area (Å²) in [6.45, 7) is 4.08. The zero-order valence-corrected chi connectivity index (χ0v) is 16.5. The van der Waals surface area contributed by atoms with Crippen LogP contribution in [0.5, 0.6) is 5.88 Å². The molecule has 0 bridgehead atoms. The predicted octanol–water partition coefficient (Wildman–Crippen LogP) is 4.14. The van der Waals surface area contributed by atoms with Crippen LogP contribution in [0.1, 0.15) is 42.8 Å². The number of fused-ring (bicyclic) bond motifs is 1. The largest absolute Gasteiger partial charge is 0.493 e. The van der Waals surface area contributed by atoms with Gasteiger partial charge in [-0.3, -0.25) is 4.98 Å². The molecule has 0 aliphatic rings. The molecule has 8 heteroatoms. The first kappa shape index (κ1) is 19.9. The van der Waals surface area contributed by atoms with Gasteiger partial charge in [0.05, 0.1) is 23.5 Å². The molecule has 3 N–H and O–H groups in total. The second kappa shape index (κ2) is 7.79. The molecular formula is C22H21F2N5O. The summed E-state index contributed by atoms with van der Waals surface area (Å²) >= 11 is 0. The van der Waals surface area contributed by atoms with Gasteiger partial charge in [-0.15, -0.1) is 0 Å². The molecule has 0 aliphatic heterocycles. The van der Waals surface area contributed by atoms with Gasteiger partial charge in [0, 0.05) is 29.6 Å². The lowest BCUT2D eigenvalue weighted by atomic mass is 9.96. The van der Waals surface area contributed by atoms with Crippen molar-refractivity contribution >= 4 is 5.65 Å². The molecule has 0 amide bonds. The van der Waals surface area contributed by atoms with Crippen molar-refractivity contribution in [3.8, 4) is 17.0 Å². The Labute approximate surface area is 172 Å². The minimum absolute atomic E-state index is 0.125. The Bertz CT molecular complexity index is 1180. The molecule has 0 saturated carbocycles. The van der Waals surface area contributed by atoms with Crippen LogP contribution in [0.4, 0.5) is 8.78 Å². The molecule has 0 aliphatic carbocycles. The van der Waals surface area contributed by atoms with Gasteiger partial charge in [-0.05, 0) is 36.1 Å². The lowest BCUT2D eigenvalue weighted by Crippen LogP contribution is -2.18. The number of hydrogen-bond donors (Lipinski definition) is 2. The zero-order chi connectivity index (χ0) is 21.4. The maximum Gasteiger partial charge on any atom is 0.224 e. The van der Waals surface area contributed by atoms with Crippen LogP contribution in [0.15, 0.2) is 48.8 Å². The van der Waals surface area contributed by atoms with Gasteiger partial charge in [-0.25, -0.2) is 13.8 Å². The molecule has 30 heavy (non-hydrogen) atoms. The molecule has 6 nitrogen and oxygen atoms in total. The highest BCUT2D eigenvalue weighted by atomic mass is 19.1. The van der Waals surface area contributed by atoms with Crippen molar-refractivity contribution in [2.75, 3.05) is 0 Å². The Morgan fingerprint density at radius 1 is 1.10 bits per heavy atom. The van der Waals surface area contributed by atoms with E-state index in [1.165, 1.54) is 22.8 Å². The molecule has 154 valence electrons. The number of aromatic hydroxyl groups is 1. The Hall–Kier alpha value is -3.39. The number of rotatable bonds is 5. The third-order valence-corrected chi connectivity index (χ3v) is 4.93. The molecule has 4 rings (SSSR count). The van der Waals surface area contributed by atoms with Gasteiger partial charge in [0.25, 0.3) is 0 Å². The summed E-state index contributed by atoms with van der Waals surface area (Å²) in [5.74, 6) is -1.22. The molecule has 1 atom stereocenters. The first-order valence-corrected chi connectivity index (χ1v) is 9.57. The Morgan fingerprint density at radius 3 is 2.47 bits per heavy atom. The van der Waals surface area contributed by atoms with E-state index in [0.717, 1.165) is 11.8 Å². The average molecular weight is 409 g/mol. The van der Waals surface area contributed by atoms with Crippen LogP contribution in [0.25, 0.3) is 16.8 Å². The monoisotopic (exact) mass is 409 g/mol. The summed E-state index contributed by atoms with van der Waals surface area (Å²) in [5, 5.41) is 15.0. The molecular weight excluding hydrogens is 388 g/mol. The lowest BCUT2D eigenvalue weighted by molar-refractivity contribution is 0.435. The second-order valence-corrected chi connectivity index (χ2v) is 7.51. The molecule has 1 aromatic carbocycles. The highest BCUT2D eigenvalue weighted by Crippen LogP contribution is 2.35. The fourth-order valence-electron chi connectivity index (χ4n) is 3.46. The molecule has 1 unspecified atom stereocenters. The minimum atomic E-state index is -0.725. The van der Waals surface area contributed by atoms with E-state index in [1.807, 2.05) is 26.0 Å². The smallest absolute Gasteiger partial charge is 0.224 e. The van der Waals surface area contributed by atoms with Crippen molar-refractivity contribution < 1.29 is 13.9 Å². The fourth-order valence-corrected chi connectivity index (χ4v) is 3.46. The third-order valence-electron chi connectivity index (χ3n) is 4.93. The van der Waals surface area contributed by atoms with E-state index in [1.54, 1.807) is 12.3 Å². The van der Waals surface area contributed by atoms with Crippen LogP contribution in [0, 0.1) is 11.6 Å². The first-order chi connectivity index (χ1) is 14.3. The van der Waals surface area contributed by atoms with Crippen LogP contribution in [0.3, 0.4) is 0 Å². The number of nitrogens with two attached hydrogens (primary N) is 1.